The zero-order valence-corrected chi connectivity index (χ0v) is 6.10. The third-order valence-electron chi connectivity index (χ3n) is 1.33. The summed E-state index contributed by atoms with van der Waals surface area (Å²) < 4.78 is 22.6. The normalized spacial score (nSPS) is 18.3. The van der Waals surface area contributed by atoms with E-state index in [1.807, 2.05) is 0 Å². The molecular formula is C6H11BN2O2. The third-order valence-corrected chi connectivity index (χ3v) is 1.33. The van der Waals surface area contributed by atoms with Crippen molar-refractivity contribution in [3.63, 3.8) is 0 Å². The van der Waals surface area contributed by atoms with Crippen molar-refractivity contribution in [3.05, 3.63) is 12.3 Å². The summed E-state index contributed by atoms with van der Waals surface area (Å²) in [6, 6.07) is 0.488. The van der Waals surface area contributed by atoms with Crippen molar-refractivity contribution >= 4 is 12.7 Å². The summed E-state index contributed by atoms with van der Waals surface area (Å²) in [6.45, 7) is -0.762. The molecule has 1 unspecified atom stereocenters. The molecule has 1 rings (SSSR count). The maximum absolute atomic E-state index is 8.92. The van der Waals surface area contributed by atoms with Crippen molar-refractivity contribution in [2.45, 2.75) is 19.8 Å². The summed E-state index contributed by atoms with van der Waals surface area (Å²) in [6.07, 6.45) is 1.33. The zero-order valence-electron chi connectivity index (χ0n) is 9.10. The third kappa shape index (κ3) is 1.61. The van der Waals surface area contributed by atoms with Crippen LogP contribution in [0.4, 0.5) is 0 Å². The Labute approximate surface area is 69.8 Å². The molecule has 1 atom stereocenters. The van der Waals surface area contributed by atoms with Gasteiger partial charge in [0, 0.05) is 16.4 Å². The number of nitrogens with zero attached hydrogens (tertiary/aromatic N) is 2. The van der Waals surface area contributed by atoms with Crippen LogP contribution in [0.25, 0.3) is 0 Å². The maximum atomic E-state index is 8.92. The summed E-state index contributed by atoms with van der Waals surface area (Å²) in [5.74, 6) is 0. The molecule has 4 nitrogen and oxygen atoms in total. The van der Waals surface area contributed by atoms with E-state index in [4.69, 9.17) is 14.2 Å². The molecule has 0 saturated heterocycles. The quantitative estimate of drug-likeness (QED) is 0.549. The van der Waals surface area contributed by atoms with E-state index in [1.54, 1.807) is 0 Å². The lowest BCUT2D eigenvalue weighted by molar-refractivity contribution is 0.416. The molecule has 0 aliphatic carbocycles. The predicted molar refractivity (Wildman–Crippen MR) is 42.4 cm³/mol. The highest BCUT2D eigenvalue weighted by Crippen LogP contribution is 1.98. The lowest BCUT2D eigenvalue weighted by Crippen LogP contribution is -2.37. The predicted octanol–water partition coefficient (Wildman–Crippen LogP) is -0.856. The molecule has 11 heavy (non-hydrogen) atoms. The second-order valence-electron chi connectivity index (χ2n) is 2.25. The van der Waals surface area contributed by atoms with Crippen LogP contribution in [0.1, 0.15) is 23.9 Å². The van der Waals surface area contributed by atoms with Crippen molar-refractivity contribution in [1.82, 2.24) is 9.78 Å². The summed E-state index contributed by atoms with van der Waals surface area (Å²) in [4.78, 5) is 0. The van der Waals surface area contributed by atoms with E-state index >= 15 is 0 Å². The van der Waals surface area contributed by atoms with Gasteiger partial charge in [-0.3, -0.25) is 4.68 Å². The van der Waals surface area contributed by atoms with Gasteiger partial charge in [0.15, 0.2) is 0 Å². The van der Waals surface area contributed by atoms with Crippen LogP contribution in [0.3, 0.4) is 0 Å². The van der Waals surface area contributed by atoms with E-state index in [0.29, 0.717) is 0 Å². The molecule has 5 heteroatoms. The smallest absolute Gasteiger partial charge is 0.422 e. The van der Waals surface area contributed by atoms with E-state index in [2.05, 4.69) is 5.10 Å². The van der Waals surface area contributed by atoms with Gasteiger partial charge in [-0.05, 0) is 19.8 Å². The number of hydrogen-bond donors (Lipinski definition) is 2. The van der Waals surface area contributed by atoms with Crippen LogP contribution < -0.4 is 5.59 Å². The van der Waals surface area contributed by atoms with Gasteiger partial charge in [-0.25, -0.2) is 0 Å². The molecule has 0 aliphatic rings. The Balaban J connectivity index is 3.01. The lowest BCUT2D eigenvalue weighted by Gasteiger charge is -2.09. The molecule has 0 aromatic carbocycles. The van der Waals surface area contributed by atoms with Crippen LogP contribution in [0.2, 0.25) is 0 Å². The molecule has 1 heterocycles. The van der Waals surface area contributed by atoms with E-state index in [9.17, 15) is 0 Å². The fourth-order valence-electron chi connectivity index (χ4n) is 0.853. The molecule has 0 aliphatic heterocycles. The monoisotopic (exact) mass is 157 g/mol. The molecule has 1 aromatic heterocycles. The first-order chi connectivity index (χ1) is 6.34. The Morgan fingerprint density at radius 3 is 3.09 bits per heavy atom. The Hall–Kier alpha value is -0.805. The molecule has 0 amide bonds. The van der Waals surface area contributed by atoms with Crippen molar-refractivity contribution in [2.24, 2.45) is 0 Å². The van der Waals surface area contributed by atoms with Gasteiger partial charge in [0.05, 0.1) is 5.59 Å². The van der Waals surface area contributed by atoms with Gasteiger partial charge in [-0.15, -0.1) is 0 Å². The van der Waals surface area contributed by atoms with Crippen LogP contribution in [-0.2, 0) is 0 Å². The topological polar surface area (TPSA) is 58.3 Å². The molecule has 0 saturated carbocycles. The minimum Gasteiger partial charge on any atom is -0.422 e. The van der Waals surface area contributed by atoms with Crippen LogP contribution in [0, 0.1) is 0 Å². The van der Waals surface area contributed by atoms with Crippen LogP contribution in [-0.4, -0.2) is 26.9 Å². The highest BCUT2D eigenvalue weighted by Gasteiger charge is 2.17. The molecule has 0 radical (unpaired) electrons. The van der Waals surface area contributed by atoms with Gasteiger partial charge >= 0.3 is 7.12 Å². The standard InChI is InChI=1S/C6H11BN2O2/c1-5(2)9-6(7(10)11)3-4-8-9/h3-5,10-11H,1-2H3/i1D3. The Morgan fingerprint density at radius 1 is 1.82 bits per heavy atom. The first-order valence-corrected chi connectivity index (χ1v) is 3.23. The molecule has 1 aromatic rings. The molecule has 2 N–H and O–H groups in total. The minimum absolute atomic E-state index is 0.0774. The van der Waals surface area contributed by atoms with Crippen molar-refractivity contribution in [1.29, 1.82) is 0 Å². The van der Waals surface area contributed by atoms with E-state index in [0.717, 1.165) is 4.68 Å². The number of aromatic nitrogens is 2. The Morgan fingerprint density at radius 2 is 2.55 bits per heavy atom. The fourth-order valence-corrected chi connectivity index (χ4v) is 0.853. The van der Waals surface area contributed by atoms with Crippen molar-refractivity contribution in [3.8, 4) is 0 Å². The summed E-state index contributed by atoms with van der Waals surface area (Å²) in [5, 5.41) is 21.6. The van der Waals surface area contributed by atoms with Gasteiger partial charge in [0.2, 0.25) is 0 Å². The molecule has 0 fully saturated rings. The van der Waals surface area contributed by atoms with Gasteiger partial charge in [-0.1, -0.05) is 0 Å². The second-order valence-corrected chi connectivity index (χ2v) is 2.25. The average molecular weight is 157 g/mol. The van der Waals surface area contributed by atoms with E-state index in [1.165, 1.54) is 19.2 Å². The van der Waals surface area contributed by atoms with E-state index in [-0.39, 0.29) is 5.59 Å². The lowest BCUT2D eigenvalue weighted by atomic mass is 9.86. The summed E-state index contributed by atoms with van der Waals surface area (Å²) in [5.41, 5.74) is 0.0774. The van der Waals surface area contributed by atoms with Gasteiger partial charge < -0.3 is 10.0 Å². The van der Waals surface area contributed by atoms with Gasteiger partial charge in [0.25, 0.3) is 0 Å². The summed E-state index contributed by atoms with van der Waals surface area (Å²) in [7, 11) is -1.71. The van der Waals surface area contributed by atoms with Gasteiger partial charge in [-0.2, -0.15) is 5.10 Å². The Kier molecular flexibility index (Phi) is 1.38. The second kappa shape index (κ2) is 3.06. The van der Waals surface area contributed by atoms with Crippen LogP contribution in [0.5, 0.6) is 0 Å². The first kappa shape index (κ1) is 4.95. The number of hydrogen-bond acceptors (Lipinski definition) is 3. The number of rotatable bonds is 2. The summed E-state index contributed by atoms with van der Waals surface area (Å²) >= 11 is 0. The molecule has 0 spiro atoms. The first-order valence-electron chi connectivity index (χ1n) is 4.73. The maximum Gasteiger partial charge on any atom is 0.507 e. The van der Waals surface area contributed by atoms with Gasteiger partial charge in [0.1, 0.15) is 0 Å². The van der Waals surface area contributed by atoms with Crippen LogP contribution >= 0.6 is 0 Å². The minimum atomic E-state index is -2.21. The Bertz CT molecular complexity index is 312. The van der Waals surface area contributed by atoms with Crippen molar-refractivity contribution in [2.75, 3.05) is 0 Å². The fraction of sp³-hybridized carbons (Fsp3) is 0.500. The molecule has 0 bridgehead atoms. The van der Waals surface area contributed by atoms with Crippen molar-refractivity contribution < 1.29 is 14.2 Å². The van der Waals surface area contributed by atoms with E-state index < -0.39 is 20.0 Å². The largest absolute Gasteiger partial charge is 0.507 e. The van der Waals surface area contributed by atoms with Crippen LogP contribution in [0.15, 0.2) is 12.3 Å². The molecule has 60 valence electrons. The average Bonchev–Trinajstić information content (AvgIpc) is 2.48. The SMILES string of the molecule is [2H]C([2H])([2H])C(C)n1nccc1B(O)O. The zero-order chi connectivity index (χ0) is 10.9. The highest BCUT2D eigenvalue weighted by molar-refractivity contribution is 6.57. The molecular weight excluding hydrogens is 143 g/mol. The highest BCUT2D eigenvalue weighted by atomic mass is 16.4.